The van der Waals surface area contributed by atoms with Gasteiger partial charge in [-0.15, -0.1) is 0 Å². The van der Waals surface area contributed by atoms with Crippen LogP contribution >= 0.6 is 15.9 Å². The summed E-state index contributed by atoms with van der Waals surface area (Å²) in [4.78, 5) is 24.7. The minimum Gasteiger partial charge on any atom is -0.371 e. The van der Waals surface area contributed by atoms with Gasteiger partial charge in [0.1, 0.15) is 0 Å². The highest BCUT2D eigenvalue weighted by molar-refractivity contribution is 9.10. The van der Waals surface area contributed by atoms with Gasteiger partial charge in [-0.25, -0.2) is 5.43 Å². The van der Waals surface area contributed by atoms with Gasteiger partial charge in [0.15, 0.2) is 0 Å². The third kappa shape index (κ3) is 5.62. The smallest absolute Gasteiger partial charge is 0.273 e. The number of para-hydroxylation sites is 1. The molecule has 2 aromatic carbocycles. The predicted molar refractivity (Wildman–Crippen MR) is 110 cm³/mol. The fourth-order valence-corrected chi connectivity index (χ4v) is 3.30. The van der Waals surface area contributed by atoms with Gasteiger partial charge in [0.05, 0.1) is 23.2 Å². The Morgan fingerprint density at radius 2 is 1.96 bits per heavy atom. The zero-order chi connectivity index (χ0) is 19.8. The monoisotopic (exact) mass is 432 g/mol. The molecular formula is C19H21BrN4O3. The maximum atomic E-state index is 12.0. The summed E-state index contributed by atoms with van der Waals surface area (Å²) >= 11 is 3.56. The van der Waals surface area contributed by atoms with Crippen molar-refractivity contribution in [3.63, 3.8) is 0 Å². The first kappa shape index (κ1) is 20.6. The van der Waals surface area contributed by atoms with E-state index in [9.17, 15) is 14.9 Å². The van der Waals surface area contributed by atoms with E-state index in [-0.39, 0.29) is 12.1 Å². The molecule has 0 spiro atoms. The zero-order valence-electron chi connectivity index (χ0n) is 15.2. The molecule has 1 N–H and O–H groups in total. The lowest BCUT2D eigenvalue weighted by Gasteiger charge is -2.22. The first-order chi connectivity index (χ1) is 13.0. The topological polar surface area (TPSA) is 87.8 Å². The molecule has 1 amide bonds. The molecule has 2 aromatic rings. The van der Waals surface area contributed by atoms with Gasteiger partial charge in [-0.05, 0) is 47.5 Å². The summed E-state index contributed by atoms with van der Waals surface area (Å²) in [7, 11) is 0. The van der Waals surface area contributed by atoms with Crippen molar-refractivity contribution in [3.8, 4) is 0 Å². The average Bonchev–Trinajstić information content (AvgIpc) is 2.64. The maximum Gasteiger partial charge on any atom is 0.273 e. The number of carbonyl (C=O) groups is 1. The Balaban J connectivity index is 2.00. The number of nitro groups is 1. The molecule has 7 nitrogen and oxygen atoms in total. The number of amides is 1. The highest BCUT2D eigenvalue weighted by Crippen LogP contribution is 2.26. The van der Waals surface area contributed by atoms with Gasteiger partial charge in [-0.3, -0.25) is 14.9 Å². The molecule has 0 atom stereocenters. The summed E-state index contributed by atoms with van der Waals surface area (Å²) in [6, 6.07) is 12.0. The summed E-state index contributed by atoms with van der Waals surface area (Å²) < 4.78 is 0.946. The Bertz CT molecular complexity index is 851. The third-order valence-corrected chi connectivity index (χ3v) is 4.65. The number of nitrogens with zero attached hydrogens (tertiary/aromatic N) is 3. The quantitative estimate of drug-likeness (QED) is 0.389. The van der Waals surface area contributed by atoms with E-state index in [0.717, 1.165) is 28.8 Å². The summed E-state index contributed by atoms with van der Waals surface area (Å²) in [5.41, 5.74) is 4.60. The molecule has 0 fully saturated rings. The van der Waals surface area contributed by atoms with Crippen LogP contribution in [0.15, 0.2) is 52.0 Å². The lowest BCUT2D eigenvalue weighted by Crippen LogP contribution is -2.22. The highest BCUT2D eigenvalue weighted by atomic mass is 79.9. The van der Waals surface area contributed by atoms with Crippen LogP contribution in [0.5, 0.6) is 0 Å². The van der Waals surface area contributed by atoms with Crippen LogP contribution in [0, 0.1) is 10.1 Å². The molecule has 0 saturated carbocycles. The highest BCUT2D eigenvalue weighted by Gasteiger charge is 2.15. The van der Waals surface area contributed by atoms with E-state index >= 15 is 0 Å². The fourth-order valence-electron chi connectivity index (χ4n) is 2.65. The third-order valence-electron chi connectivity index (χ3n) is 4.02. The Morgan fingerprint density at radius 3 is 2.59 bits per heavy atom. The van der Waals surface area contributed by atoms with Gasteiger partial charge in [0, 0.05) is 29.2 Å². The number of hydrazone groups is 1. The number of nitrogens with one attached hydrogen (secondary N) is 1. The van der Waals surface area contributed by atoms with Crippen LogP contribution in [0.3, 0.4) is 0 Å². The maximum absolute atomic E-state index is 12.0. The van der Waals surface area contributed by atoms with Crippen molar-refractivity contribution in [1.29, 1.82) is 0 Å². The number of benzene rings is 2. The predicted octanol–water partition coefficient (Wildman–Crippen LogP) is 3.90. The zero-order valence-corrected chi connectivity index (χ0v) is 16.8. The fraction of sp³-hybridized carbons (Fsp3) is 0.263. The van der Waals surface area contributed by atoms with Gasteiger partial charge in [0.2, 0.25) is 5.91 Å². The molecule has 8 heteroatoms. The van der Waals surface area contributed by atoms with Crippen molar-refractivity contribution in [3.05, 3.63) is 68.2 Å². The number of hydrogen-bond donors (Lipinski definition) is 1. The van der Waals surface area contributed by atoms with E-state index in [4.69, 9.17) is 0 Å². The van der Waals surface area contributed by atoms with Crippen molar-refractivity contribution in [1.82, 2.24) is 5.43 Å². The van der Waals surface area contributed by atoms with Crippen LogP contribution in [0.2, 0.25) is 0 Å². The second-order valence-electron chi connectivity index (χ2n) is 5.74. The van der Waals surface area contributed by atoms with Crippen LogP contribution in [0.4, 0.5) is 11.4 Å². The van der Waals surface area contributed by atoms with E-state index in [0.29, 0.717) is 5.56 Å². The molecule has 0 bridgehead atoms. The number of anilines is 1. The van der Waals surface area contributed by atoms with Crippen molar-refractivity contribution >= 4 is 39.4 Å². The van der Waals surface area contributed by atoms with E-state index in [1.165, 1.54) is 12.3 Å². The van der Waals surface area contributed by atoms with Gasteiger partial charge >= 0.3 is 0 Å². The van der Waals surface area contributed by atoms with Crippen molar-refractivity contribution in [2.75, 3.05) is 18.0 Å². The van der Waals surface area contributed by atoms with E-state index in [1.54, 1.807) is 18.2 Å². The van der Waals surface area contributed by atoms with Crippen LogP contribution in [0.1, 0.15) is 25.0 Å². The van der Waals surface area contributed by atoms with Crippen LogP contribution in [-0.4, -0.2) is 30.1 Å². The Hall–Kier alpha value is -2.74. The lowest BCUT2D eigenvalue weighted by atomic mass is 10.1. The molecule has 0 aromatic heterocycles. The molecule has 2 rings (SSSR count). The van der Waals surface area contributed by atoms with Gasteiger partial charge in [-0.2, -0.15) is 5.10 Å². The molecule has 0 unspecified atom stereocenters. The first-order valence-electron chi connectivity index (χ1n) is 8.55. The van der Waals surface area contributed by atoms with Gasteiger partial charge in [-0.1, -0.05) is 24.3 Å². The molecule has 0 heterocycles. The summed E-state index contributed by atoms with van der Waals surface area (Å²) in [6.45, 7) is 6.00. The number of nitro benzene ring substituents is 1. The van der Waals surface area contributed by atoms with E-state index < -0.39 is 10.8 Å². The molecule has 0 aliphatic heterocycles. The molecule has 142 valence electrons. The summed E-state index contributed by atoms with van der Waals surface area (Å²) in [6.07, 6.45) is 1.42. The normalized spacial score (nSPS) is 10.8. The molecule has 27 heavy (non-hydrogen) atoms. The standard InChI is InChI=1S/C19H21BrN4O3/c1-3-23(4-2)18-10-9-14(11-16(18)20)13-21-22-19(25)12-15-7-5-6-8-17(15)24(26)27/h5-11,13H,3-4,12H2,1-2H3,(H,22,25). The van der Waals surface area contributed by atoms with E-state index in [2.05, 4.69) is 45.2 Å². The molecule has 0 aliphatic rings. The summed E-state index contributed by atoms with van der Waals surface area (Å²) in [5.74, 6) is -0.417. The van der Waals surface area contributed by atoms with E-state index in [1.807, 2.05) is 18.2 Å². The number of hydrogen-bond acceptors (Lipinski definition) is 5. The van der Waals surface area contributed by atoms with Crippen molar-refractivity contribution in [2.24, 2.45) is 5.10 Å². The number of rotatable bonds is 8. The molecular weight excluding hydrogens is 412 g/mol. The first-order valence-corrected chi connectivity index (χ1v) is 9.34. The van der Waals surface area contributed by atoms with Crippen LogP contribution < -0.4 is 10.3 Å². The largest absolute Gasteiger partial charge is 0.371 e. The second kappa shape index (κ2) is 9.82. The van der Waals surface area contributed by atoms with Crippen molar-refractivity contribution in [2.45, 2.75) is 20.3 Å². The Labute approximate surface area is 166 Å². The second-order valence-corrected chi connectivity index (χ2v) is 6.59. The van der Waals surface area contributed by atoms with Crippen LogP contribution in [0.25, 0.3) is 0 Å². The van der Waals surface area contributed by atoms with Crippen LogP contribution in [-0.2, 0) is 11.2 Å². The minimum atomic E-state index is -0.499. The van der Waals surface area contributed by atoms with Gasteiger partial charge < -0.3 is 4.90 Å². The summed E-state index contributed by atoms with van der Waals surface area (Å²) in [5, 5.41) is 14.9. The molecule has 0 saturated heterocycles. The number of carbonyl (C=O) groups excluding carboxylic acids is 1. The SMILES string of the molecule is CCN(CC)c1ccc(C=NNC(=O)Cc2ccccc2[N+](=O)[O-])cc1Br. The lowest BCUT2D eigenvalue weighted by molar-refractivity contribution is -0.385. The Kier molecular flexibility index (Phi) is 7.48. The average molecular weight is 433 g/mol. The Morgan fingerprint density at radius 1 is 1.26 bits per heavy atom. The molecule has 0 aliphatic carbocycles. The van der Waals surface area contributed by atoms with Crippen molar-refractivity contribution < 1.29 is 9.72 Å². The number of halogens is 1. The minimum absolute atomic E-state index is 0.0763. The van der Waals surface area contributed by atoms with Gasteiger partial charge in [0.25, 0.3) is 5.69 Å². The molecule has 0 radical (unpaired) electrons.